The molecule has 2 N–H and O–H groups in total. The maximum absolute atomic E-state index is 5.86. The summed E-state index contributed by atoms with van der Waals surface area (Å²) in [5, 5.41) is 0. The molecule has 0 spiro atoms. The summed E-state index contributed by atoms with van der Waals surface area (Å²) in [6, 6.07) is 14.1. The van der Waals surface area contributed by atoms with Crippen LogP contribution in [0.25, 0.3) is 16.7 Å². The topological polar surface area (TPSA) is 53.1 Å². The van der Waals surface area contributed by atoms with Gasteiger partial charge in [0.2, 0.25) is 0 Å². The molecule has 0 fully saturated rings. The molecule has 0 saturated heterocycles. The van der Waals surface area contributed by atoms with E-state index in [1.165, 1.54) is 5.56 Å². The summed E-state index contributed by atoms with van der Waals surface area (Å²) < 4.78 is 7.55. The molecule has 0 radical (unpaired) electrons. The first-order valence-electron chi connectivity index (χ1n) is 6.56. The van der Waals surface area contributed by atoms with Crippen LogP contribution < -0.4 is 10.5 Å². The van der Waals surface area contributed by atoms with Gasteiger partial charge in [0.15, 0.2) is 0 Å². The summed E-state index contributed by atoms with van der Waals surface area (Å²) in [7, 11) is 1.68. The number of para-hydroxylation sites is 2. The van der Waals surface area contributed by atoms with Crippen LogP contribution >= 0.6 is 0 Å². The highest BCUT2D eigenvalue weighted by molar-refractivity contribution is 5.79. The lowest BCUT2D eigenvalue weighted by molar-refractivity contribution is 0.412. The Morgan fingerprint density at radius 1 is 1.20 bits per heavy atom. The molecule has 0 unspecified atom stereocenters. The smallest absolute Gasteiger partial charge is 0.142 e. The van der Waals surface area contributed by atoms with Crippen LogP contribution in [-0.2, 0) is 6.54 Å². The molecule has 0 bridgehead atoms. The predicted molar refractivity (Wildman–Crippen MR) is 80.3 cm³/mol. The van der Waals surface area contributed by atoms with Gasteiger partial charge in [-0.05, 0) is 36.8 Å². The van der Waals surface area contributed by atoms with E-state index in [1.54, 1.807) is 7.11 Å². The lowest BCUT2D eigenvalue weighted by atomic mass is 10.2. The summed E-state index contributed by atoms with van der Waals surface area (Å²) >= 11 is 0. The number of aryl methyl sites for hydroxylation is 1. The first kappa shape index (κ1) is 12.7. The van der Waals surface area contributed by atoms with Gasteiger partial charge in [-0.15, -0.1) is 0 Å². The van der Waals surface area contributed by atoms with E-state index in [0.717, 1.165) is 28.3 Å². The van der Waals surface area contributed by atoms with E-state index >= 15 is 0 Å². The van der Waals surface area contributed by atoms with Crippen molar-refractivity contribution in [1.29, 1.82) is 0 Å². The second-order valence-corrected chi connectivity index (χ2v) is 4.73. The Balaban J connectivity index is 2.36. The average molecular weight is 267 g/mol. The Morgan fingerprint density at radius 2 is 2.00 bits per heavy atom. The summed E-state index contributed by atoms with van der Waals surface area (Å²) in [6.07, 6.45) is 0. The van der Waals surface area contributed by atoms with Crippen molar-refractivity contribution in [1.82, 2.24) is 9.55 Å². The van der Waals surface area contributed by atoms with E-state index in [0.29, 0.717) is 6.54 Å². The number of aromatic nitrogens is 2. The number of methoxy groups -OCH3 is 1. The first-order valence-corrected chi connectivity index (χ1v) is 6.56. The van der Waals surface area contributed by atoms with Crippen LogP contribution in [0, 0.1) is 6.92 Å². The third-order valence-corrected chi connectivity index (χ3v) is 3.39. The second-order valence-electron chi connectivity index (χ2n) is 4.73. The standard InChI is InChI=1S/C16H17N3O/c1-11-7-8-15(20-2)14(9-11)19-13-6-4-3-5-12(13)18-16(19)10-17/h3-9H,10,17H2,1-2H3. The Morgan fingerprint density at radius 3 is 2.75 bits per heavy atom. The minimum Gasteiger partial charge on any atom is -0.495 e. The molecule has 2 aromatic carbocycles. The summed E-state index contributed by atoms with van der Waals surface area (Å²) in [5.74, 6) is 1.64. The van der Waals surface area contributed by atoms with Crippen LogP contribution in [0.2, 0.25) is 0 Å². The molecule has 4 heteroatoms. The van der Waals surface area contributed by atoms with Gasteiger partial charge in [0.1, 0.15) is 11.6 Å². The average Bonchev–Trinajstić information content (AvgIpc) is 2.85. The molecule has 0 aliphatic rings. The molecule has 0 saturated carbocycles. The maximum Gasteiger partial charge on any atom is 0.142 e. The lowest BCUT2D eigenvalue weighted by Crippen LogP contribution is -2.08. The van der Waals surface area contributed by atoms with Gasteiger partial charge in [0, 0.05) is 0 Å². The molecule has 20 heavy (non-hydrogen) atoms. The first-order chi connectivity index (χ1) is 9.74. The molecule has 4 nitrogen and oxygen atoms in total. The number of nitrogens with two attached hydrogens (primary N) is 1. The van der Waals surface area contributed by atoms with Crippen molar-refractivity contribution in [2.45, 2.75) is 13.5 Å². The Kier molecular flexibility index (Phi) is 3.16. The monoisotopic (exact) mass is 267 g/mol. The summed E-state index contributed by atoms with van der Waals surface area (Å²) in [6.45, 7) is 2.44. The molecule has 0 aliphatic carbocycles. The van der Waals surface area contributed by atoms with Crippen LogP contribution in [0.3, 0.4) is 0 Å². The third kappa shape index (κ3) is 1.94. The van der Waals surface area contributed by atoms with E-state index in [4.69, 9.17) is 10.5 Å². The zero-order valence-electron chi connectivity index (χ0n) is 11.6. The molecule has 0 atom stereocenters. The number of hydrogen-bond acceptors (Lipinski definition) is 3. The number of benzene rings is 2. The highest BCUT2D eigenvalue weighted by atomic mass is 16.5. The number of imidazole rings is 1. The molecular formula is C16H17N3O. The Bertz CT molecular complexity index is 762. The van der Waals surface area contributed by atoms with Crippen molar-refractivity contribution >= 4 is 11.0 Å². The van der Waals surface area contributed by atoms with Gasteiger partial charge >= 0.3 is 0 Å². The van der Waals surface area contributed by atoms with Gasteiger partial charge in [-0.25, -0.2) is 4.98 Å². The van der Waals surface area contributed by atoms with E-state index in [-0.39, 0.29) is 0 Å². The lowest BCUT2D eigenvalue weighted by Gasteiger charge is -2.13. The fraction of sp³-hybridized carbons (Fsp3) is 0.188. The Labute approximate surface area is 117 Å². The van der Waals surface area contributed by atoms with Crippen molar-refractivity contribution < 1.29 is 4.74 Å². The molecular weight excluding hydrogens is 250 g/mol. The number of nitrogens with zero attached hydrogens (tertiary/aromatic N) is 2. The highest BCUT2D eigenvalue weighted by Gasteiger charge is 2.14. The minimum absolute atomic E-state index is 0.381. The van der Waals surface area contributed by atoms with Gasteiger partial charge < -0.3 is 10.5 Å². The quantitative estimate of drug-likeness (QED) is 0.794. The van der Waals surface area contributed by atoms with Crippen molar-refractivity contribution in [3.05, 3.63) is 53.9 Å². The SMILES string of the molecule is COc1ccc(C)cc1-n1c(CN)nc2ccccc21. The highest BCUT2D eigenvalue weighted by Crippen LogP contribution is 2.29. The molecule has 3 rings (SSSR count). The summed E-state index contributed by atoms with van der Waals surface area (Å²) in [5.41, 5.74) is 9.98. The van der Waals surface area contributed by atoms with Crippen LogP contribution in [0.1, 0.15) is 11.4 Å². The molecule has 1 heterocycles. The number of ether oxygens (including phenoxy) is 1. The van der Waals surface area contributed by atoms with Gasteiger partial charge in [0.05, 0.1) is 30.4 Å². The number of hydrogen-bond donors (Lipinski definition) is 1. The van der Waals surface area contributed by atoms with Crippen molar-refractivity contribution in [3.63, 3.8) is 0 Å². The van der Waals surface area contributed by atoms with E-state index in [9.17, 15) is 0 Å². The zero-order chi connectivity index (χ0) is 14.1. The molecule has 0 amide bonds. The Hall–Kier alpha value is -2.33. The van der Waals surface area contributed by atoms with E-state index in [2.05, 4.69) is 22.5 Å². The van der Waals surface area contributed by atoms with E-state index < -0.39 is 0 Å². The second kappa shape index (κ2) is 4.98. The van der Waals surface area contributed by atoms with E-state index in [1.807, 2.05) is 36.4 Å². The fourth-order valence-corrected chi connectivity index (χ4v) is 2.46. The van der Waals surface area contributed by atoms with Crippen molar-refractivity contribution in [3.8, 4) is 11.4 Å². The molecule has 102 valence electrons. The van der Waals surface area contributed by atoms with Gasteiger partial charge in [-0.2, -0.15) is 0 Å². The van der Waals surface area contributed by atoms with Gasteiger partial charge in [-0.1, -0.05) is 18.2 Å². The fourth-order valence-electron chi connectivity index (χ4n) is 2.46. The minimum atomic E-state index is 0.381. The molecule has 0 aliphatic heterocycles. The largest absolute Gasteiger partial charge is 0.495 e. The number of fused-ring (bicyclic) bond motifs is 1. The zero-order valence-corrected chi connectivity index (χ0v) is 11.6. The van der Waals surface area contributed by atoms with Crippen LogP contribution in [0.4, 0.5) is 0 Å². The summed E-state index contributed by atoms with van der Waals surface area (Å²) in [4.78, 5) is 4.60. The van der Waals surface area contributed by atoms with Crippen LogP contribution in [0.15, 0.2) is 42.5 Å². The van der Waals surface area contributed by atoms with Crippen molar-refractivity contribution in [2.75, 3.05) is 7.11 Å². The van der Waals surface area contributed by atoms with Crippen molar-refractivity contribution in [2.24, 2.45) is 5.73 Å². The van der Waals surface area contributed by atoms with Crippen LogP contribution in [0.5, 0.6) is 5.75 Å². The molecule has 1 aromatic heterocycles. The van der Waals surface area contributed by atoms with Gasteiger partial charge in [-0.3, -0.25) is 4.57 Å². The normalized spacial score (nSPS) is 10.9. The maximum atomic E-state index is 5.86. The number of rotatable bonds is 3. The third-order valence-electron chi connectivity index (χ3n) is 3.39. The van der Waals surface area contributed by atoms with Crippen LogP contribution in [-0.4, -0.2) is 16.7 Å². The predicted octanol–water partition coefficient (Wildman–Crippen LogP) is 2.80. The molecule has 3 aromatic rings. The van der Waals surface area contributed by atoms with Gasteiger partial charge in [0.25, 0.3) is 0 Å².